The van der Waals surface area contributed by atoms with Crippen LogP contribution in [0.5, 0.6) is 0 Å². The smallest absolute Gasteiger partial charge is 0.253 e. The fourth-order valence-electron chi connectivity index (χ4n) is 3.37. The van der Waals surface area contributed by atoms with Crippen LogP contribution in [0.15, 0.2) is 18.2 Å². The number of hydrogen-bond acceptors (Lipinski definition) is 4. The van der Waals surface area contributed by atoms with Crippen LogP contribution in [0.25, 0.3) is 10.9 Å². The van der Waals surface area contributed by atoms with E-state index in [1.54, 1.807) is 0 Å². The molecular weight excluding hydrogens is 302 g/mol. The third-order valence-electron chi connectivity index (χ3n) is 4.86. The van der Waals surface area contributed by atoms with E-state index >= 15 is 0 Å². The second-order valence-corrected chi connectivity index (χ2v) is 6.99. The summed E-state index contributed by atoms with van der Waals surface area (Å²) in [5, 5.41) is 12.3. The first-order valence-corrected chi connectivity index (χ1v) is 8.60. The van der Waals surface area contributed by atoms with Crippen LogP contribution in [-0.4, -0.2) is 60.9 Å². The van der Waals surface area contributed by atoms with Crippen molar-refractivity contribution in [2.24, 2.45) is 5.92 Å². The van der Waals surface area contributed by atoms with Crippen LogP contribution < -0.4 is 10.6 Å². The molecule has 6 nitrogen and oxygen atoms in total. The van der Waals surface area contributed by atoms with Crippen LogP contribution in [0.1, 0.15) is 29.0 Å². The minimum Gasteiger partial charge on any atom is -0.351 e. The monoisotopic (exact) mass is 329 g/mol. The fraction of sp³-hybridized carbons (Fsp3) is 0.556. The normalized spacial score (nSPS) is 20.9. The predicted molar refractivity (Wildman–Crippen MR) is 96.4 cm³/mol. The van der Waals surface area contributed by atoms with Crippen molar-refractivity contribution in [3.8, 4) is 0 Å². The van der Waals surface area contributed by atoms with Gasteiger partial charge in [-0.3, -0.25) is 9.48 Å². The van der Waals surface area contributed by atoms with Crippen LogP contribution in [0.2, 0.25) is 0 Å². The summed E-state index contributed by atoms with van der Waals surface area (Å²) in [5.41, 5.74) is 2.59. The molecule has 0 aliphatic carbocycles. The highest BCUT2D eigenvalue weighted by atomic mass is 16.1. The molecule has 2 aromatic rings. The fourth-order valence-corrected chi connectivity index (χ4v) is 3.37. The van der Waals surface area contributed by atoms with Gasteiger partial charge in [0.05, 0.1) is 11.6 Å². The van der Waals surface area contributed by atoms with Crippen molar-refractivity contribution in [1.82, 2.24) is 25.3 Å². The first kappa shape index (κ1) is 16.9. The van der Waals surface area contributed by atoms with Crippen molar-refractivity contribution in [2.75, 3.05) is 40.3 Å². The summed E-state index contributed by atoms with van der Waals surface area (Å²) in [6.07, 6.45) is 0. The molecule has 1 fully saturated rings. The van der Waals surface area contributed by atoms with Gasteiger partial charge in [-0.05, 0) is 39.5 Å². The molecule has 1 aromatic carbocycles. The number of fused-ring (bicyclic) bond motifs is 1. The van der Waals surface area contributed by atoms with Crippen LogP contribution in [0, 0.1) is 12.8 Å². The minimum absolute atomic E-state index is 0.0512. The molecule has 6 heteroatoms. The first-order valence-electron chi connectivity index (χ1n) is 8.60. The van der Waals surface area contributed by atoms with E-state index < -0.39 is 0 Å². The largest absolute Gasteiger partial charge is 0.351 e. The number of likely N-dealkylation sites (N-methyl/N-ethyl adjacent to an activating group) is 1. The summed E-state index contributed by atoms with van der Waals surface area (Å²) in [5.74, 6) is 0.486. The minimum atomic E-state index is -0.0512. The van der Waals surface area contributed by atoms with Gasteiger partial charge in [-0.25, -0.2) is 0 Å². The third kappa shape index (κ3) is 3.16. The van der Waals surface area contributed by atoms with Crippen molar-refractivity contribution in [1.29, 1.82) is 0 Å². The summed E-state index contributed by atoms with van der Waals surface area (Å²) in [4.78, 5) is 14.6. The Balaban J connectivity index is 1.91. The average molecular weight is 329 g/mol. The molecule has 1 saturated heterocycles. The molecule has 1 aliphatic rings. The number of benzene rings is 1. The lowest BCUT2D eigenvalue weighted by molar-refractivity contribution is 0.0952. The molecule has 2 heterocycles. The molecule has 0 spiro atoms. The van der Waals surface area contributed by atoms with E-state index in [2.05, 4.69) is 35.2 Å². The number of aryl methyl sites for hydroxylation is 1. The van der Waals surface area contributed by atoms with Gasteiger partial charge in [0.1, 0.15) is 5.52 Å². The Morgan fingerprint density at radius 1 is 1.42 bits per heavy atom. The van der Waals surface area contributed by atoms with Gasteiger partial charge in [0, 0.05) is 30.7 Å². The van der Waals surface area contributed by atoms with E-state index in [9.17, 15) is 4.79 Å². The molecule has 0 saturated carbocycles. The maximum atomic E-state index is 12.6. The van der Waals surface area contributed by atoms with Crippen LogP contribution in [0.3, 0.4) is 0 Å². The van der Waals surface area contributed by atoms with Crippen LogP contribution >= 0.6 is 0 Å². The zero-order valence-electron chi connectivity index (χ0n) is 15.0. The highest BCUT2D eigenvalue weighted by Crippen LogP contribution is 2.28. The number of amides is 1. The third-order valence-corrected chi connectivity index (χ3v) is 4.86. The van der Waals surface area contributed by atoms with Crippen molar-refractivity contribution in [3.63, 3.8) is 0 Å². The van der Waals surface area contributed by atoms with Crippen molar-refractivity contribution in [3.05, 3.63) is 29.5 Å². The highest BCUT2D eigenvalue weighted by molar-refractivity contribution is 6.06. The topological polar surface area (TPSA) is 62.2 Å². The lowest BCUT2D eigenvalue weighted by atomic mass is 10.1. The molecular formula is C18H27N5O. The molecule has 0 radical (unpaired) electrons. The van der Waals surface area contributed by atoms with E-state index in [0.717, 1.165) is 36.2 Å². The number of nitrogens with one attached hydrogen (secondary N) is 2. The van der Waals surface area contributed by atoms with Crippen LogP contribution in [0.4, 0.5) is 0 Å². The standard InChI is InChI=1S/C18H27N5O/c1-12-10-19-11-16(12)23-13(2)14-6-5-7-15(17(14)21-23)18(24)20-8-9-22(3)4/h5-7,12,16,19H,8-11H2,1-4H3,(H,20,24). The van der Waals surface area contributed by atoms with Crippen molar-refractivity contribution >= 4 is 16.8 Å². The molecule has 0 bridgehead atoms. The summed E-state index contributed by atoms with van der Waals surface area (Å²) in [6, 6.07) is 6.21. The van der Waals surface area contributed by atoms with E-state index in [1.165, 1.54) is 0 Å². The maximum Gasteiger partial charge on any atom is 0.253 e. The number of nitrogens with zero attached hydrogens (tertiary/aromatic N) is 3. The van der Waals surface area contributed by atoms with Gasteiger partial charge in [-0.15, -0.1) is 0 Å². The Kier molecular flexibility index (Phi) is 4.87. The lowest BCUT2D eigenvalue weighted by Gasteiger charge is -2.16. The van der Waals surface area contributed by atoms with Gasteiger partial charge in [0.25, 0.3) is 5.91 Å². The quantitative estimate of drug-likeness (QED) is 0.871. The highest BCUT2D eigenvalue weighted by Gasteiger charge is 2.28. The molecule has 2 unspecified atom stereocenters. The second kappa shape index (κ2) is 6.91. The zero-order chi connectivity index (χ0) is 17.3. The number of hydrogen-bond donors (Lipinski definition) is 2. The summed E-state index contributed by atoms with van der Waals surface area (Å²) >= 11 is 0. The van der Waals surface area contributed by atoms with Gasteiger partial charge in [0.15, 0.2) is 0 Å². The Morgan fingerprint density at radius 2 is 2.21 bits per heavy atom. The SMILES string of the molecule is Cc1c2cccc(C(=O)NCCN(C)C)c2nn1C1CNCC1C. The van der Waals surface area contributed by atoms with Crippen molar-refractivity contribution < 1.29 is 4.79 Å². The van der Waals surface area contributed by atoms with Gasteiger partial charge >= 0.3 is 0 Å². The number of carbonyl (C=O) groups excluding carboxylic acids is 1. The summed E-state index contributed by atoms with van der Waals surface area (Å²) in [7, 11) is 3.99. The Bertz CT molecular complexity index is 736. The average Bonchev–Trinajstić information content (AvgIpc) is 3.10. The van der Waals surface area contributed by atoms with Gasteiger partial charge < -0.3 is 15.5 Å². The first-order chi connectivity index (χ1) is 11.5. The Labute approximate surface area is 143 Å². The molecule has 1 aromatic heterocycles. The maximum absolute atomic E-state index is 12.6. The zero-order valence-corrected chi connectivity index (χ0v) is 15.0. The van der Waals surface area contributed by atoms with Gasteiger partial charge in [-0.1, -0.05) is 19.1 Å². The number of rotatable bonds is 5. The van der Waals surface area contributed by atoms with E-state index in [1.807, 2.05) is 31.1 Å². The number of carbonyl (C=O) groups is 1. The molecule has 2 N–H and O–H groups in total. The molecule has 1 aliphatic heterocycles. The van der Waals surface area contributed by atoms with Gasteiger partial charge in [-0.2, -0.15) is 5.10 Å². The predicted octanol–water partition coefficient (Wildman–Crippen LogP) is 1.42. The summed E-state index contributed by atoms with van der Waals surface area (Å²) in [6.45, 7) is 7.73. The van der Waals surface area contributed by atoms with Crippen molar-refractivity contribution in [2.45, 2.75) is 19.9 Å². The molecule has 24 heavy (non-hydrogen) atoms. The Morgan fingerprint density at radius 3 is 2.88 bits per heavy atom. The Hall–Kier alpha value is -1.92. The molecule has 3 rings (SSSR count). The summed E-state index contributed by atoms with van der Waals surface area (Å²) < 4.78 is 2.10. The number of aromatic nitrogens is 2. The van der Waals surface area contributed by atoms with Gasteiger partial charge in [0.2, 0.25) is 0 Å². The molecule has 2 atom stereocenters. The van der Waals surface area contributed by atoms with E-state index in [0.29, 0.717) is 24.1 Å². The second-order valence-electron chi connectivity index (χ2n) is 6.99. The van der Waals surface area contributed by atoms with Crippen LogP contribution in [-0.2, 0) is 0 Å². The van der Waals surface area contributed by atoms with E-state index in [-0.39, 0.29) is 5.91 Å². The van der Waals surface area contributed by atoms with E-state index in [4.69, 9.17) is 5.10 Å². The molecule has 130 valence electrons. The molecule has 1 amide bonds. The lowest BCUT2D eigenvalue weighted by Crippen LogP contribution is -2.31.